The Morgan fingerprint density at radius 3 is 2.59 bits per heavy atom. The smallest absolute Gasteiger partial charge is 0.309 e. The minimum atomic E-state index is -3.91. The molecule has 2 heterocycles. The number of rotatable bonds is 5. The van der Waals surface area contributed by atoms with Crippen LogP contribution in [0.15, 0.2) is 23.1 Å². The van der Waals surface area contributed by atoms with Crippen molar-refractivity contribution in [3.63, 3.8) is 0 Å². The van der Waals surface area contributed by atoms with Crippen LogP contribution in [0, 0.1) is 0 Å². The standard InChI is InChI=1S/C18H25N3O7S/c1-12(2)20-18(23)17(22)19-11-16-21(6-3-7-28-16)29(24,25)13-4-5-14-15(10-13)27-9-8-26-14/h4-5,10,12,16H,3,6-9,11H2,1-2H3,(H,19,22)(H,20,23)/t16-/m1/s1. The van der Waals surface area contributed by atoms with Crippen molar-refractivity contribution >= 4 is 21.8 Å². The molecule has 1 aromatic carbocycles. The van der Waals surface area contributed by atoms with Crippen molar-refractivity contribution in [1.82, 2.24) is 14.9 Å². The van der Waals surface area contributed by atoms with E-state index >= 15 is 0 Å². The van der Waals surface area contributed by atoms with Crippen molar-refractivity contribution < 1.29 is 32.2 Å². The van der Waals surface area contributed by atoms with Gasteiger partial charge in [0.15, 0.2) is 11.5 Å². The number of carbonyl (C=O) groups is 2. The van der Waals surface area contributed by atoms with Gasteiger partial charge in [-0.15, -0.1) is 0 Å². The van der Waals surface area contributed by atoms with E-state index in [0.29, 0.717) is 37.7 Å². The number of carbonyl (C=O) groups excluding carboxylic acids is 2. The van der Waals surface area contributed by atoms with E-state index in [0.717, 1.165) is 0 Å². The predicted octanol–water partition coefficient (Wildman–Crippen LogP) is -0.164. The van der Waals surface area contributed by atoms with Crippen LogP contribution in [0.4, 0.5) is 0 Å². The van der Waals surface area contributed by atoms with Crippen molar-refractivity contribution in [2.75, 3.05) is 32.9 Å². The molecule has 10 nitrogen and oxygen atoms in total. The third-order valence-electron chi connectivity index (χ3n) is 4.34. The van der Waals surface area contributed by atoms with Crippen LogP contribution in [0.3, 0.4) is 0 Å². The summed E-state index contributed by atoms with van der Waals surface area (Å²) in [4.78, 5) is 23.7. The van der Waals surface area contributed by atoms with E-state index in [1.807, 2.05) is 0 Å². The molecule has 2 amide bonds. The predicted molar refractivity (Wildman–Crippen MR) is 102 cm³/mol. The summed E-state index contributed by atoms with van der Waals surface area (Å²) in [5.41, 5.74) is 0. The summed E-state index contributed by atoms with van der Waals surface area (Å²) in [7, 11) is -3.91. The number of nitrogens with one attached hydrogen (secondary N) is 2. The van der Waals surface area contributed by atoms with Crippen LogP contribution in [0.25, 0.3) is 0 Å². The van der Waals surface area contributed by atoms with Gasteiger partial charge in [0.2, 0.25) is 10.0 Å². The summed E-state index contributed by atoms with van der Waals surface area (Å²) in [5.74, 6) is -0.767. The van der Waals surface area contributed by atoms with Crippen LogP contribution >= 0.6 is 0 Å². The number of amides is 2. The summed E-state index contributed by atoms with van der Waals surface area (Å²) in [5, 5.41) is 4.91. The van der Waals surface area contributed by atoms with Gasteiger partial charge >= 0.3 is 11.8 Å². The highest BCUT2D eigenvalue weighted by Gasteiger charge is 2.35. The molecule has 3 rings (SSSR count). The molecular formula is C18H25N3O7S. The molecule has 0 radical (unpaired) electrons. The number of hydrogen-bond acceptors (Lipinski definition) is 7. The molecule has 1 aromatic rings. The van der Waals surface area contributed by atoms with Gasteiger partial charge in [0.05, 0.1) is 18.0 Å². The first-order valence-electron chi connectivity index (χ1n) is 9.41. The van der Waals surface area contributed by atoms with Gasteiger partial charge in [-0.05, 0) is 32.4 Å². The van der Waals surface area contributed by atoms with Crippen molar-refractivity contribution in [1.29, 1.82) is 0 Å². The van der Waals surface area contributed by atoms with Gasteiger partial charge in [0.25, 0.3) is 0 Å². The Hall–Kier alpha value is -2.37. The van der Waals surface area contributed by atoms with Gasteiger partial charge in [-0.25, -0.2) is 8.42 Å². The van der Waals surface area contributed by atoms with Gasteiger partial charge in [-0.2, -0.15) is 4.31 Å². The lowest BCUT2D eigenvalue weighted by Gasteiger charge is -2.34. The first kappa shape index (κ1) is 21.3. The molecule has 2 aliphatic heterocycles. The first-order valence-corrected chi connectivity index (χ1v) is 10.8. The minimum Gasteiger partial charge on any atom is -0.486 e. The van der Waals surface area contributed by atoms with Crippen molar-refractivity contribution in [2.24, 2.45) is 0 Å². The molecule has 0 aliphatic carbocycles. The van der Waals surface area contributed by atoms with E-state index in [1.165, 1.54) is 16.4 Å². The molecular weight excluding hydrogens is 402 g/mol. The summed E-state index contributed by atoms with van der Waals surface area (Å²) in [6, 6.07) is 4.23. The zero-order valence-electron chi connectivity index (χ0n) is 16.3. The minimum absolute atomic E-state index is 0.0427. The summed E-state index contributed by atoms with van der Waals surface area (Å²) in [6.07, 6.45) is -0.403. The maximum absolute atomic E-state index is 13.2. The third kappa shape index (κ3) is 4.98. The van der Waals surface area contributed by atoms with Crippen LogP contribution in [-0.4, -0.2) is 69.7 Å². The first-order chi connectivity index (χ1) is 13.8. The maximum atomic E-state index is 13.2. The lowest BCUT2D eigenvalue weighted by Crippen LogP contribution is -2.53. The molecule has 29 heavy (non-hydrogen) atoms. The molecule has 0 spiro atoms. The average molecular weight is 427 g/mol. The molecule has 0 saturated carbocycles. The molecule has 11 heteroatoms. The lowest BCUT2D eigenvalue weighted by molar-refractivity contribution is -0.140. The number of fused-ring (bicyclic) bond motifs is 1. The number of ether oxygens (including phenoxy) is 3. The maximum Gasteiger partial charge on any atom is 0.309 e. The Morgan fingerprint density at radius 1 is 1.14 bits per heavy atom. The molecule has 2 N–H and O–H groups in total. The molecule has 1 saturated heterocycles. The Morgan fingerprint density at radius 2 is 1.86 bits per heavy atom. The SMILES string of the molecule is CC(C)NC(=O)C(=O)NC[C@H]1OCCCN1S(=O)(=O)c1ccc2c(c1)OCCO2. The van der Waals surface area contributed by atoms with Crippen LogP contribution < -0.4 is 20.1 Å². The fourth-order valence-electron chi connectivity index (χ4n) is 3.01. The lowest BCUT2D eigenvalue weighted by atomic mass is 10.3. The molecule has 0 bridgehead atoms. The second kappa shape index (κ2) is 8.97. The molecule has 0 unspecified atom stereocenters. The zero-order chi connectivity index (χ0) is 21.0. The van der Waals surface area contributed by atoms with E-state index in [1.54, 1.807) is 19.9 Å². The summed E-state index contributed by atoms with van der Waals surface area (Å²) >= 11 is 0. The normalized spacial score (nSPS) is 19.6. The van der Waals surface area contributed by atoms with Gasteiger partial charge in [0, 0.05) is 18.7 Å². The fourth-order valence-corrected chi connectivity index (χ4v) is 4.59. The average Bonchev–Trinajstić information content (AvgIpc) is 2.71. The van der Waals surface area contributed by atoms with Crippen molar-refractivity contribution in [3.05, 3.63) is 18.2 Å². The van der Waals surface area contributed by atoms with Gasteiger partial charge in [-0.1, -0.05) is 0 Å². The third-order valence-corrected chi connectivity index (χ3v) is 6.22. The number of hydrogen-bond donors (Lipinski definition) is 2. The van der Waals surface area contributed by atoms with Crippen LogP contribution in [0.2, 0.25) is 0 Å². The molecule has 1 atom stereocenters. The topological polar surface area (TPSA) is 123 Å². The van der Waals surface area contributed by atoms with E-state index in [9.17, 15) is 18.0 Å². The Bertz CT molecular complexity index is 872. The number of benzene rings is 1. The van der Waals surface area contributed by atoms with Gasteiger partial charge in [-0.3, -0.25) is 9.59 Å². The fraction of sp³-hybridized carbons (Fsp3) is 0.556. The van der Waals surface area contributed by atoms with E-state index < -0.39 is 28.1 Å². The van der Waals surface area contributed by atoms with E-state index in [4.69, 9.17) is 14.2 Å². The molecule has 1 fully saturated rings. The highest BCUT2D eigenvalue weighted by molar-refractivity contribution is 7.89. The van der Waals surface area contributed by atoms with Crippen molar-refractivity contribution in [2.45, 2.75) is 37.4 Å². The molecule has 0 aromatic heterocycles. The number of sulfonamides is 1. The molecule has 2 aliphatic rings. The second-order valence-electron chi connectivity index (χ2n) is 6.94. The monoisotopic (exact) mass is 427 g/mol. The summed E-state index contributed by atoms with van der Waals surface area (Å²) in [6.45, 7) is 4.66. The highest BCUT2D eigenvalue weighted by atomic mass is 32.2. The Balaban J connectivity index is 1.73. The second-order valence-corrected chi connectivity index (χ2v) is 8.83. The van der Waals surface area contributed by atoms with Crippen LogP contribution in [-0.2, 0) is 24.3 Å². The Kier molecular flexibility index (Phi) is 6.60. The van der Waals surface area contributed by atoms with E-state index in [2.05, 4.69) is 10.6 Å². The quantitative estimate of drug-likeness (QED) is 0.626. The molecule has 160 valence electrons. The van der Waals surface area contributed by atoms with Crippen molar-refractivity contribution in [3.8, 4) is 11.5 Å². The van der Waals surface area contributed by atoms with Crippen LogP contribution in [0.1, 0.15) is 20.3 Å². The number of nitrogens with zero attached hydrogens (tertiary/aromatic N) is 1. The zero-order valence-corrected chi connectivity index (χ0v) is 17.2. The Labute approximate surface area is 169 Å². The largest absolute Gasteiger partial charge is 0.486 e. The van der Waals surface area contributed by atoms with E-state index in [-0.39, 0.29) is 24.0 Å². The van der Waals surface area contributed by atoms with Gasteiger partial charge < -0.3 is 24.8 Å². The highest BCUT2D eigenvalue weighted by Crippen LogP contribution is 2.34. The van der Waals surface area contributed by atoms with Gasteiger partial charge in [0.1, 0.15) is 19.4 Å². The summed E-state index contributed by atoms with van der Waals surface area (Å²) < 4.78 is 44.0. The van der Waals surface area contributed by atoms with Crippen LogP contribution in [0.5, 0.6) is 11.5 Å².